The Hall–Kier alpha value is -2.99. The van der Waals surface area contributed by atoms with Crippen LogP contribution in [0.1, 0.15) is 23.1 Å². The molecule has 0 aliphatic carbocycles. The van der Waals surface area contributed by atoms with Crippen LogP contribution in [0.25, 0.3) is 21.3 Å². The maximum atomic E-state index is 12.9. The van der Waals surface area contributed by atoms with Gasteiger partial charge >= 0.3 is 0 Å². The van der Waals surface area contributed by atoms with Gasteiger partial charge in [0.25, 0.3) is 5.91 Å². The van der Waals surface area contributed by atoms with Gasteiger partial charge in [-0.1, -0.05) is 18.2 Å². The standard InChI is InChI=1S/C21H20N4OS/c1-3-25(13-20-22-10-11-24(20)2)21(26)15-8-9-18(23-12-15)17-14-27-19-7-5-4-6-16(17)19/h4-12,14H,3,13H2,1-2H3. The van der Waals surface area contributed by atoms with E-state index in [1.165, 1.54) is 10.1 Å². The van der Waals surface area contributed by atoms with Crippen molar-refractivity contribution in [2.75, 3.05) is 6.54 Å². The van der Waals surface area contributed by atoms with Gasteiger partial charge in [-0.3, -0.25) is 9.78 Å². The smallest absolute Gasteiger partial charge is 0.255 e. The summed E-state index contributed by atoms with van der Waals surface area (Å²) in [5, 5.41) is 3.31. The van der Waals surface area contributed by atoms with Crippen LogP contribution >= 0.6 is 11.3 Å². The minimum atomic E-state index is -0.0327. The lowest BCUT2D eigenvalue weighted by molar-refractivity contribution is 0.0747. The summed E-state index contributed by atoms with van der Waals surface area (Å²) in [6.45, 7) is 3.07. The van der Waals surface area contributed by atoms with Crippen molar-refractivity contribution in [2.24, 2.45) is 7.05 Å². The lowest BCUT2D eigenvalue weighted by atomic mass is 10.1. The van der Waals surface area contributed by atoms with Crippen molar-refractivity contribution >= 4 is 27.3 Å². The molecule has 0 bridgehead atoms. The summed E-state index contributed by atoms with van der Waals surface area (Å²) in [6.07, 6.45) is 5.30. The van der Waals surface area contributed by atoms with Gasteiger partial charge in [-0.05, 0) is 25.1 Å². The van der Waals surface area contributed by atoms with E-state index in [0.717, 1.165) is 17.1 Å². The third-order valence-corrected chi connectivity index (χ3v) is 5.65. The molecule has 0 spiro atoms. The van der Waals surface area contributed by atoms with Crippen LogP contribution in [0.2, 0.25) is 0 Å². The Morgan fingerprint density at radius 2 is 2.04 bits per heavy atom. The Balaban J connectivity index is 1.57. The molecule has 4 aromatic rings. The van der Waals surface area contributed by atoms with Crippen LogP contribution in [-0.4, -0.2) is 31.9 Å². The molecule has 4 rings (SSSR count). The number of hydrogen-bond acceptors (Lipinski definition) is 4. The van der Waals surface area contributed by atoms with Gasteiger partial charge in [0, 0.05) is 53.2 Å². The van der Waals surface area contributed by atoms with E-state index in [1.807, 2.05) is 49.0 Å². The van der Waals surface area contributed by atoms with E-state index in [1.54, 1.807) is 28.6 Å². The molecule has 0 unspecified atom stereocenters. The highest BCUT2D eigenvalue weighted by Crippen LogP contribution is 2.32. The van der Waals surface area contributed by atoms with Crippen molar-refractivity contribution in [3.63, 3.8) is 0 Å². The van der Waals surface area contributed by atoms with Crippen LogP contribution in [0.4, 0.5) is 0 Å². The Kier molecular flexibility index (Phi) is 4.73. The van der Waals surface area contributed by atoms with Gasteiger partial charge in [-0.25, -0.2) is 4.98 Å². The van der Waals surface area contributed by atoms with Gasteiger partial charge < -0.3 is 9.47 Å². The van der Waals surface area contributed by atoms with Gasteiger partial charge in [0.15, 0.2) is 0 Å². The molecule has 0 radical (unpaired) electrons. The fraction of sp³-hybridized carbons (Fsp3) is 0.190. The molecule has 0 fully saturated rings. The van der Waals surface area contributed by atoms with Crippen molar-refractivity contribution in [1.29, 1.82) is 0 Å². The minimum absolute atomic E-state index is 0.0327. The fourth-order valence-electron chi connectivity index (χ4n) is 3.09. The molecule has 6 heteroatoms. The first-order chi connectivity index (χ1) is 13.2. The third kappa shape index (κ3) is 3.36. The van der Waals surface area contributed by atoms with Crippen molar-refractivity contribution in [3.8, 4) is 11.3 Å². The zero-order valence-corrected chi connectivity index (χ0v) is 16.1. The second-order valence-corrected chi connectivity index (χ2v) is 7.26. The van der Waals surface area contributed by atoms with Crippen LogP contribution in [0.3, 0.4) is 0 Å². The largest absolute Gasteiger partial charge is 0.337 e. The number of pyridine rings is 1. The van der Waals surface area contributed by atoms with E-state index < -0.39 is 0 Å². The number of aromatic nitrogens is 3. The van der Waals surface area contributed by atoms with Crippen LogP contribution in [0.15, 0.2) is 60.4 Å². The average molecular weight is 376 g/mol. The molecule has 0 atom stereocenters. The second-order valence-electron chi connectivity index (χ2n) is 6.35. The topological polar surface area (TPSA) is 51.0 Å². The first-order valence-electron chi connectivity index (χ1n) is 8.85. The molecule has 0 aliphatic heterocycles. The molecule has 5 nitrogen and oxygen atoms in total. The number of aryl methyl sites for hydroxylation is 1. The second kappa shape index (κ2) is 7.32. The molecular weight excluding hydrogens is 356 g/mol. The monoisotopic (exact) mass is 376 g/mol. The molecule has 27 heavy (non-hydrogen) atoms. The number of fused-ring (bicyclic) bond motifs is 1. The lowest BCUT2D eigenvalue weighted by Gasteiger charge is -2.20. The van der Waals surface area contributed by atoms with Crippen molar-refractivity contribution in [2.45, 2.75) is 13.5 Å². The number of hydrogen-bond donors (Lipinski definition) is 0. The van der Waals surface area contributed by atoms with E-state index in [9.17, 15) is 4.79 Å². The van der Waals surface area contributed by atoms with E-state index in [0.29, 0.717) is 18.7 Å². The van der Waals surface area contributed by atoms with Gasteiger partial charge in [0.2, 0.25) is 0 Å². The zero-order valence-electron chi connectivity index (χ0n) is 15.3. The molecule has 1 aromatic carbocycles. The molecular formula is C21H20N4OS. The maximum absolute atomic E-state index is 12.9. The van der Waals surface area contributed by atoms with Crippen LogP contribution < -0.4 is 0 Å². The number of thiophene rings is 1. The summed E-state index contributed by atoms with van der Waals surface area (Å²) in [6, 6.07) is 12.1. The molecule has 0 aliphatic rings. The predicted octanol–water partition coefficient (Wildman–Crippen LogP) is 4.36. The van der Waals surface area contributed by atoms with Gasteiger partial charge in [-0.2, -0.15) is 0 Å². The molecule has 0 saturated carbocycles. The summed E-state index contributed by atoms with van der Waals surface area (Å²) < 4.78 is 3.17. The lowest BCUT2D eigenvalue weighted by Crippen LogP contribution is -2.31. The highest BCUT2D eigenvalue weighted by molar-refractivity contribution is 7.17. The zero-order chi connectivity index (χ0) is 18.8. The summed E-state index contributed by atoms with van der Waals surface area (Å²) in [4.78, 5) is 23.5. The summed E-state index contributed by atoms with van der Waals surface area (Å²) in [5.74, 6) is 0.828. The quantitative estimate of drug-likeness (QED) is 0.520. The number of imidazole rings is 1. The fourth-order valence-corrected chi connectivity index (χ4v) is 4.04. The van der Waals surface area contributed by atoms with Gasteiger partial charge in [0.1, 0.15) is 5.82 Å². The Bertz CT molecular complexity index is 1080. The van der Waals surface area contributed by atoms with Crippen molar-refractivity contribution < 1.29 is 4.79 Å². The van der Waals surface area contributed by atoms with Crippen LogP contribution in [-0.2, 0) is 13.6 Å². The van der Waals surface area contributed by atoms with Gasteiger partial charge in [-0.15, -0.1) is 11.3 Å². The highest BCUT2D eigenvalue weighted by atomic mass is 32.1. The normalized spacial score (nSPS) is 11.0. The predicted molar refractivity (Wildman–Crippen MR) is 109 cm³/mol. The van der Waals surface area contributed by atoms with Crippen molar-refractivity contribution in [1.82, 2.24) is 19.4 Å². The Morgan fingerprint density at radius 1 is 1.19 bits per heavy atom. The number of rotatable bonds is 5. The van der Waals surface area contributed by atoms with Crippen LogP contribution in [0.5, 0.6) is 0 Å². The first-order valence-corrected chi connectivity index (χ1v) is 9.73. The van der Waals surface area contributed by atoms with E-state index in [2.05, 4.69) is 27.5 Å². The molecule has 1 amide bonds. The summed E-state index contributed by atoms with van der Waals surface area (Å²) >= 11 is 1.71. The first kappa shape index (κ1) is 17.4. The number of nitrogens with zero attached hydrogens (tertiary/aromatic N) is 4. The number of carbonyl (C=O) groups excluding carboxylic acids is 1. The maximum Gasteiger partial charge on any atom is 0.255 e. The number of benzene rings is 1. The summed E-state index contributed by atoms with van der Waals surface area (Å²) in [7, 11) is 1.93. The van der Waals surface area contributed by atoms with Gasteiger partial charge in [0.05, 0.1) is 17.8 Å². The third-order valence-electron chi connectivity index (χ3n) is 4.69. The average Bonchev–Trinajstić information content (AvgIpc) is 3.32. The molecule has 0 N–H and O–H groups in total. The van der Waals surface area contributed by atoms with E-state index in [4.69, 9.17) is 0 Å². The molecule has 136 valence electrons. The Labute approximate surface area is 161 Å². The number of carbonyl (C=O) groups is 1. The summed E-state index contributed by atoms with van der Waals surface area (Å²) in [5.41, 5.74) is 2.58. The molecule has 3 heterocycles. The molecule has 3 aromatic heterocycles. The van der Waals surface area contributed by atoms with Crippen molar-refractivity contribution in [3.05, 3.63) is 71.8 Å². The van der Waals surface area contributed by atoms with E-state index >= 15 is 0 Å². The SMILES string of the molecule is CCN(Cc1nccn1C)C(=O)c1ccc(-c2csc3ccccc23)nc1. The minimum Gasteiger partial charge on any atom is -0.337 e. The highest BCUT2D eigenvalue weighted by Gasteiger charge is 2.17. The van der Waals surface area contributed by atoms with E-state index in [-0.39, 0.29) is 5.91 Å². The Morgan fingerprint density at radius 3 is 2.74 bits per heavy atom. The molecule has 0 saturated heterocycles. The van der Waals surface area contributed by atoms with Crippen LogP contribution in [0, 0.1) is 0 Å². The number of amides is 1.